The molecule has 0 unspecified atom stereocenters. The van der Waals surface area contributed by atoms with Crippen LogP contribution in [0.3, 0.4) is 0 Å². The van der Waals surface area contributed by atoms with E-state index in [4.69, 9.17) is 10.5 Å². The first-order valence-corrected chi connectivity index (χ1v) is 10.9. The zero-order chi connectivity index (χ0) is 19.0. The molecule has 1 saturated carbocycles. The summed E-state index contributed by atoms with van der Waals surface area (Å²) in [5.41, 5.74) is 5.09. The third-order valence-corrected chi connectivity index (χ3v) is 4.53. The van der Waals surface area contributed by atoms with E-state index in [1.165, 1.54) is 110 Å². The van der Waals surface area contributed by atoms with Crippen LogP contribution in [0.5, 0.6) is 0 Å². The van der Waals surface area contributed by atoms with Gasteiger partial charge in [0.15, 0.2) is 0 Å². The Kier molecular flexibility index (Phi) is 26.8. The molecule has 0 heterocycles. The fourth-order valence-corrected chi connectivity index (χ4v) is 2.57. The summed E-state index contributed by atoms with van der Waals surface area (Å²) in [5.74, 6) is -0.155. The standard InChI is InChI=1S/C16H33NO.C4H8.C2H4O/c1-2-3-4-5-6-7-8-9-10-11-12-13-14-15-16(17)18;1-2-4-3-1;1-2-3/h2-15H2,1H3,(H2,17,18);1-4H2;2H,1H3. The average Bonchev–Trinajstić information content (AvgIpc) is 2.51. The molecule has 25 heavy (non-hydrogen) atoms. The van der Waals surface area contributed by atoms with Crippen LogP contribution in [0.1, 0.15) is 129 Å². The van der Waals surface area contributed by atoms with Crippen molar-refractivity contribution < 1.29 is 9.59 Å². The fourth-order valence-electron chi connectivity index (χ4n) is 2.57. The lowest BCUT2D eigenvalue weighted by Gasteiger charge is -2.05. The zero-order valence-electron chi connectivity index (χ0n) is 17.2. The summed E-state index contributed by atoms with van der Waals surface area (Å²) in [6.07, 6.45) is 24.7. The van der Waals surface area contributed by atoms with Gasteiger partial charge >= 0.3 is 0 Å². The van der Waals surface area contributed by atoms with Crippen molar-refractivity contribution in [2.24, 2.45) is 5.73 Å². The average molecular weight is 356 g/mol. The zero-order valence-corrected chi connectivity index (χ0v) is 17.2. The Labute approximate surface area is 157 Å². The van der Waals surface area contributed by atoms with E-state index in [1.807, 2.05) is 0 Å². The van der Waals surface area contributed by atoms with Crippen molar-refractivity contribution in [2.75, 3.05) is 0 Å². The molecule has 150 valence electrons. The highest BCUT2D eigenvalue weighted by Crippen LogP contribution is 2.15. The minimum absolute atomic E-state index is 0.155. The van der Waals surface area contributed by atoms with Gasteiger partial charge in [-0.1, -0.05) is 110 Å². The Morgan fingerprint density at radius 1 is 0.720 bits per heavy atom. The molecule has 0 aromatic heterocycles. The predicted molar refractivity (Wildman–Crippen MR) is 110 cm³/mol. The first kappa shape index (κ1) is 26.4. The molecule has 0 aliphatic heterocycles. The third kappa shape index (κ3) is 31.4. The summed E-state index contributed by atoms with van der Waals surface area (Å²) in [7, 11) is 0. The van der Waals surface area contributed by atoms with Crippen LogP contribution in [0.4, 0.5) is 0 Å². The van der Waals surface area contributed by atoms with Gasteiger partial charge in [0, 0.05) is 6.42 Å². The van der Waals surface area contributed by atoms with E-state index in [2.05, 4.69) is 6.92 Å². The Balaban J connectivity index is 0. The summed E-state index contributed by atoms with van der Waals surface area (Å²) in [4.78, 5) is 19.3. The lowest BCUT2D eigenvalue weighted by molar-refractivity contribution is -0.118. The molecule has 3 nitrogen and oxygen atoms in total. The van der Waals surface area contributed by atoms with E-state index in [0.717, 1.165) is 12.7 Å². The van der Waals surface area contributed by atoms with Gasteiger partial charge in [0.1, 0.15) is 6.29 Å². The molecule has 0 radical (unpaired) electrons. The molecule has 2 N–H and O–H groups in total. The van der Waals surface area contributed by atoms with E-state index in [1.54, 1.807) is 0 Å². The molecule has 1 amide bonds. The molecule has 3 heteroatoms. The van der Waals surface area contributed by atoms with Crippen molar-refractivity contribution in [3.63, 3.8) is 0 Å². The number of primary amides is 1. The Morgan fingerprint density at radius 3 is 1.24 bits per heavy atom. The molecule has 0 bridgehead atoms. The summed E-state index contributed by atoms with van der Waals surface area (Å²) in [6, 6.07) is 0. The number of amides is 1. The number of carbonyl (C=O) groups excluding carboxylic acids is 2. The third-order valence-electron chi connectivity index (χ3n) is 4.53. The van der Waals surface area contributed by atoms with Gasteiger partial charge in [0.05, 0.1) is 0 Å². The highest BCUT2D eigenvalue weighted by molar-refractivity contribution is 5.73. The maximum atomic E-state index is 10.5. The van der Waals surface area contributed by atoms with Gasteiger partial charge in [0.25, 0.3) is 0 Å². The second-order valence-corrected chi connectivity index (χ2v) is 7.11. The number of rotatable bonds is 14. The maximum absolute atomic E-state index is 10.5. The molecule has 0 aromatic carbocycles. The smallest absolute Gasteiger partial charge is 0.217 e. The van der Waals surface area contributed by atoms with Crippen molar-refractivity contribution >= 4 is 12.2 Å². The van der Waals surface area contributed by atoms with Gasteiger partial charge in [-0.2, -0.15) is 0 Å². The Bertz CT molecular complexity index is 259. The van der Waals surface area contributed by atoms with Crippen LogP contribution in [-0.4, -0.2) is 12.2 Å². The van der Waals surface area contributed by atoms with Crippen LogP contribution in [-0.2, 0) is 9.59 Å². The number of aldehydes is 1. The normalized spacial score (nSPS) is 12.1. The molecule has 1 fully saturated rings. The van der Waals surface area contributed by atoms with E-state index in [0.29, 0.717) is 6.42 Å². The Morgan fingerprint density at radius 2 is 1.00 bits per heavy atom. The lowest BCUT2D eigenvalue weighted by Crippen LogP contribution is -2.09. The van der Waals surface area contributed by atoms with Gasteiger partial charge in [-0.05, 0) is 13.3 Å². The van der Waals surface area contributed by atoms with Gasteiger partial charge in [-0.3, -0.25) is 4.79 Å². The number of carbonyl (C=O) groups is 2. The molecule has 1 rings (SSSR count). The number of unbranched alkanes of at least 4 members (excludes halogenated alkanes) is 12. The van der Waals surface area contributed by atoms with Gasteiger partial charge in [0.2, 0.25) is 5.91 Å². The minimum Gasteiger partial charge on any atom is -0.370 e. The van der Waals surface area contributed by atoms with E-state index in [-0.39, 0.29) is 5.91 Å². The first-order chi connectivity index (χ1) is 12.2. The van der Waals surface area contributed by atoms with Crippen molar-refractivity contribution in [3.05, 3.63) is 0 Å². The molecule has 1 aliphatic carbocycles. The largest absolute Gasteiger partial charge is 0.370 e. The minimum atomic E-state index is -0.155. The highest BCUT2D eigenvalue weighted by atomic mass is 16.1. The van der Waals surface area contributed by atoms with Crippen LogP contribution in [0.25, 0.3) is 0 Å². The molecule has 1 aliphatic rings. The van der Waals surface area contributed by atoms with Crippen LogP contribution in [0, 0.1) is 0 Å². The van der Waals surface area contributed by atoms with Crippen LogP contribution < -0.4 is 5.73 Å². The summed E-state index contributed by atoms with van der Waals surface area (Å²) in [6.45, 7) is 3.71. The van der Waals surface area contributed by atoms with Gasteiger partial charge in [-0.15, -0.1) is 0 Å². The number of nitrogens with two attached hydrogens (primary N) is 1. The molecular weight excluding hydrogens is 310 g/mol. The van der Waals surface area contributed by atoms with Crippen molar-refractivity contribution in [3.8, 4) is 0 Å². The van der Waals surface area contributed by atoms with Crippen LogP contribution in [0.15, 0.2) is 0 Å². The maximum Gasteiger partial charge on any atom is 0.217 e. The van der Waals surface area contributed by atoms with Gasteiger partial charge < -0.3 is 10.5 Å². The molecule has 0 atom stereocenters. The topological polar surface area (TPSA) is 60.2 Å². The quantitative estimate of drug-likeness (QED) is 0.278. The second-order valence-electron chi connectivity index (χ2n) is 7.11. The molecular formula is C22H45NO2. The van der Waals surface area contributed by atoms with E-state index >= 15 is 0 Å². The van der Waals surface area contributed by atoms with Crippen molar-refractivity contribution in [1.29, 1.82) is 0 Å². The summed E-state index contributed by atoms with van der Waals surface area (Å²) in [5, 5.41) is 0. The predicted octanol–water partition coefficient (Wildman–Crippen LogP) is 6.72. The number of hydrogen-bond acceptors (Lipinski definition) is 2. The van der Waals surface area contributed by atoms with Gasteiger partial charge in [-0.25, -0.2) is 0 Å². The Hall–Kier alpha value is -0.860. The van der Waals surface area contributed by atoms with Crippen LogP contribution in [0.2, 0.25) is 0 Å². The lowest BCUT2D eigenvalue weighted by atomic mass is 10.0. The first-order valence-electron chi connectivity index (χ1n) is 10.9. The summed E-state index contributed by atoms with van der Waals surface area (Å²) >= 11 is 0. The van der Waals surface area contributed by atoms with E-state index in [9.17, 15) is 4.79 Å². The second kappa shape index (κ2) is 25.4. The van der Waals surface area contributed by atoms with Crippen molar-refractivity contribution in [1.82, 2.24) is 0 Å². The SMILES string of the molecule is C1CCC1.CC=O.CCCCCCCCCCCCCCCC(N)=O. The molecule has 0 spiro atoms. The fraction of sp³-hybridized carbons (Fsp3) is 0.909. The van der Waals surface area contributed by atoms with Crippen LogP contribution >= 0.6 is 0 Å². The molecule has 0 saturated heterocycles. The summed E-state index contributed by atoms with van der Waals surface area (Å²) < 4.78 is 0. The monoisotopic (exact) mass is 355 g/mol. The highest BCUT2D eigenvalue weighted by Gasteiger charge is 1.96. The van der Waals surface area contributed by atoms with Crippen molar-refractivity contribution in [2.45, 2.75) is 129 Å². The molecule has 0 aromatic rings. The number of hydrogen-bond donors (Lipinski definition) is 1. The van der Waals surface area contributed by atoms with E-state index < -0.39 is 0 Å².